The van der Waals surface area contributed by atoms with Gasteiger partial charge in [-0.1, -0.05) is 41.9 Å². The van der Waals surface area contributed by atoms with Crippen molar-refractivity contribution in [3.05, 3.63) is 64.7 Å². The molecule has 0 amide bonds. The largest absolute Gasteiger partial charge is 0.497 e. The number of hydrogen-bond acceptors (Lipinski definition) is 4. The Balaban J connectivity index is 1.90. The summed E-state index contributed by atoms with van der Waals surface area (Å²) in [6.07, 6.45) is -0.288. The number of ether oxygens (including phenoxy) is 2. The van der Waals surface area contributed by atoms with Gasteiger partial charge in [0.15, 0.2) is 0 Å². The van der Waals surface area contributed by atoms with Crippen LogP contribution >= 0.6 is 11.6 Å². The maximum atomic E-state index is 9.76. The number of benzene rings is 2. The van der Waals surface area contributed by atoms with Gasteiger partial charge in [-0.15, -0.1) is 0 Å². The lowest BCUT2D eigenvalue weighted by Gasteiger charge is -2.41. The number of nitrogens with zero attached hydrogens (tertiary/aromatic N) is 1. The Hall–Kier alpha value is -1.59. The molecule has 0 spiro atoms. The van der Waals surface area contributed by atoms with Gasteiger partial charge in [0.05, 0.1) is 26.4 Å². The van der Waals surface area contributed by atoms with E-state index < -0.39 is 0 Å². The first-order chi connectivity index (χ1) is 11.7. The summed E-state index contributed by atoms with van der Waals surface area (Å²) in [6.45, 7) is 2.08. The van der Waals surface area contributed by atoms with E-state index in [1.165, 1.54) is 0 Å². The van der Waals surface area contributed by atoms with Crippen LogP contribution in [0.3, 0.4) is 0 Å². The molecule has 1 heterocycles. The summed E-state index contributed by atoms with van der Waals surface area (Å²) in [5.74, 6) is 0.841. The Morgan fingerprint density at radius 1 is 1.25 bits per heavy atom. The second-order valence-electron chi connectivity index (χ2n) is 5.88. The van der Waals surface area contributed by atoms with Crippen molar-refractivity contribution in [2.45, 2.75) is 18.7 Å². The molecule has 1 N–H and O–H groups in total. The first-order valence-corrected chi connectivity index (χ1v) is 8.44. The van der Waals surface area contributed by atoms with Crippen LogP contribution < -0.4 is 4.74 Å². The lowest BCUT2D eigenvalue weighted by atomic mass is 9.97. The highest BCUT2D eigenvalue weighted by Gasteiger charge is 2.34. The topological polar surface area (TPSA) is 41.9 Å². The van der Waals surface area contributed by atoms with Crippen LogP contribution in [0.1, 0.15) is 17.2 Å². The fraction of sp³-hybridized carbons (Fsp3) is 0.368. The Labute approximate surface area is 147 Å². The van der Waals surface area contributed by atoms with Crippen molar-refractivity contribution in [2.75, 3.05) is 26.9 Å². The summed E-state index contributed by atoms with van der Waals surface area (Å²) >= 11 is 6.41. The lowest BCUT2D eigenvalue weighted by Crippen LogP contribution is -2.46. The quantitative estimate of drug-likeness (QED) is 0.901. The molecule has 0 aliphatic carbocycles. The SMILES string of the molecule is COc1cccc(CN2CCO[C@@H](CO)[C@@H]2c2ccccc2Cl)c1. The third-order valence-corrected chi connectivity index (χ3v) is 4.72. The standard InChI is InChI=1S/C19H22ClNO3/c1-23-15-6-4-5-14(11-15)12-21-9-10-24-18(13-22)19(21)16-7-2-3-8-17(16)20/h2-8,11,18-19,22H,9-10,12-13H2,1H3/t18-,19-/m0/s1. The van der Waals surface area contributed by atoms with E-state index in [-0.39, 0.29) is 18.8 Å². The van der Waals surface area contributed by atoms with E-state index in [2.05, 4.69) is 11.0 Å². The zero-order chi connectivity index (χ0) is 16.9. The molecule has 1 saturated heterocycles. The number of rotatable bonds is 5. The van der Waals surface area contributed by atoms with Crippen LogP contribution in [-0.2, 0) is 11.3 Å². The third-order valence-electron chi connectivity index (χ3n) is 4.38. The summed E-state index contributed by atoms with van der Waals surface area (Å²) in [6, 6.07) is 15.7. The molecule has 3 rings (SSSR count). The average Bonchev–Trinajstić information content (AvgIpc) is 2.62. The van der Waals surface area contributed by atoms with Crippen LogP contribution in [-0.4, -0.2) is 43.0 Å². The Bertz CT molecular complexity index is 679. The molecule has 1 aliphatic heterocycles. The van der Waals surface area contributed by atoms with Gasteiger partial charge in [-0.05, 0) is 29.3 Å². The monoisotopic (exact) mass is 347 g/mol. The van der Waals surface area contributed by atoms with Gasteiger partial charge in [0.1, 0.15) is 11.9 Å². The highest BCUT2D eigenvalue weighted by atomic mass is 35.5. The lowest BCUT2D eigenvalue weighted by molar-refractivity contribution is -0.0960. The van der Waals surface area contributed by atoms with E-state index in [0.717, 1.165) is 30.0 Å². The average molecular weight is 348 g/mol. The molecular formula is C19H22ClNO3. The number of methoxy groups -OCH3 is 1. The minimum Gasteiger partial charge on any atom is -0.497 e. The van der Waals surface area contributed by atoms with E-state index in [1.807, 2.05) is 42.5 Å². The maximum absolute atomic E-state index is 9.76. The second-order valence-corrected chi connectivity index (χ2v) is 6.29. The Morgan fingerprint density at radius 3 is 2.83 bits per heavy atom. The molecule has 128 valence electrons. The highest BCUT2D eigenvalue weighted by molar-refractivity contribution is 6.31. The minimum absolute atomic E-state index is 0.0372. The molecular weight excluding hydrogens is 326 g/mol. The molecule has 1 fully saturated rings. The molecule has 24 heavy (non-hydrogen) atoms. The molecule has 0 unspecified atom stereocenters. The maximum Gasteiger partial charge on any atom is 0.119 e. The van der Waals surface area contributed by atoms with Crippen molar-refractivity contribution in [1.29, 1.82) is 0 Å². The van der Waals surface area contributed by atoms with Gasteiger partial charge in [-0.2, -0.15) is 0 Å². The predicted molar refractivity (Wildman–Crippen MR) is 94.4 cm³/mol. The molecule has 0 bridgehead atoms. The summed E-state index contributed by atoms with van der Waals surface area (Å²) < 4.78 is 11.1. The van der Waals surface area contributed by atoms with Crippen molar-refractivity contribution in [3.8, 4) is 5.75 Å². The van der Waals surface area contributed by atoms with Crippen LogP contribution in [0, 0.1) is 0 Å². The van der Waals surface area contributed by atoms with Gasteiger partial charge in [0.2, 0.25) is 0 Å². The first-order valence-electron chi connectivity index (χ1n) is 8.07. The van der Waals surface area contributed by atoms with Crippen molar-refractivity contribution in [2.24, 2.45) is 0 Å². The van der Waals surface area contributed by atoms with Crippen LogP contribution in [0.4, 0.5) is 0 Å². The third kappa shape index (κ3) is 3.73. The fourth-order valence-corrected chi connectivity index (χ4v) is 3.48. The van der Waals surface area contributed by atoms with Crippen molar-refractivity contribution < 1.29 is 14.6 Å². The van der Waals surface area contributed by atoms with E-state index in [0.29, 0.717) is 11.6 Å². The van der Waals surface area contributed by atoms with Crippen LogP contribution in [0.25, 0.3) is 0 Å². The zero-order valence-corrected chi connectivity index (χ0v) is 14.4. The molecule has 2 aromatic rings. The minimum atomic E-state index is -0.288. The number of aliphatic hydroxyl groups excluding tert-OH is 1. The fourth-order valence-electron chi connectivity index (χ4n) is 3.23. The predicted octanol–water partition coefficient (Wildman–Crippen LogP) is 3.28. The highest BCUT2D eigenvalue weighted by Crippen LogP contribution is 2.35. The van der Waals surface area contributed by atoms with Gasteiger partial charge >= 0.3 is 0 Å². The van der Waals surface area contributed by atoms with E-state index in [9.17, 15) is 5.11 Å². The normalized spacial score (nSPS) is 21.6. The smallest absolute Gasteiger partial charge is 0.119 e. The molecule has 0 saturated carbocycles. The van der Waals surface area contributed by atoms with Gasteiger partial charge in [0, 0.05) is 18.1 Å². The number of hydrogen-bond donors (Lipinski definition) is 1. The number of halogens is 1. The van der Waals surface area contributed by atoms with Gasteiger partial charge in [0.25, 0.3) is 0 Å². The van der Waals surface area contributed by atoms with Crippen molar-refractivity contribution in [3.63, 3.8) is 0 Å². The summed E-state index contributed by atoms with van der Waals surface area (Å²) in [7, 11) is 1.67. The van der Waals surface area contributed by atoms with Crippen molar-refractivity contribution in [1.82, 2.24) is 4.90 Å². The summed E-state index contributed by atoms with van der Waals surface area (Å²) in [4.78, 5) is 2.31. The van der Waals surface area contributed by atoms with Crippen molar-refractivity contribution >= 4 is 11.6 Å². The van der Waals surface area contributed by atoms with E-state index >= 15 is 0 Å². The summed E-state index contributed by atoms with van der Waals surface area (Å²) in [5.41, 5.74) is 2.14. The Morgan fingerprint density at radius 2 is 2.08 bits per heavy atom. The first kappa shape index (κ1) is 17.2. The molecule has 1 aliphatic rings. The second kappa shape index (κ2) is 7.99. The van der Waals surface area contributed by atoms with Gasteiger partial charge in [-0.25, -0.2) is 0 Å². The Kier molecular flexibility index (Phi) is 5.74. The van der Waals surface area contributed by atoms with Crippen LogP contribution in [0.15, 0.2) is 48.5 Å². The molecule has 0 radical (unpaired) electrons. The zero-order valence-electron chi connectivity index (χ0n) is 13.7. The summed E-state index contributed by atoms with van der Waals surface area (Å²) in [5, 5.41) is 10.5. The molecule has 2 atom stereocenters. The molecule has 5 heteroatoms. The van der Waals surface area contributed by atoms with Crippen LogP contribution in [0.2, 0.25) is 5.02 Å². The van der Waals surface area contributed by atoms with Gasteiger partial charge < -0.3 is 14.6 Å². The van der Waals surface area contributed by atoms with Gasteiger partial charge in [-0.3, -0.25) is 4.90 Å². The van der Waals surface area contributed by atoms with E-state index in [1.54, 1.807) is 7.11 Å². The van der Waals surface area contributed by atoms with Crippen LogP contribution in [0.5, 0.6) is 5.75 Å². The molecule has 4 nitrogen and oxygen atoms in total. The number of morpholine rings is 1. The molecule has 0 aromatic heterocycles. The number of aliphatic hydroxyl groups is 1. The van der Waals surface area contributed by atoms with E-state index in [4.69, 9.17) is 21.1 Å². The molecule has 2 aromatic carbocycles.